The average Bonchev–Trinajstić information content (AvgIpc) is 2.71. The number of nitrogens with zero attached hydrogens (tertiary/aromatic N) is 2. The van der Waals surface area contributed by atoms with Crippen LogP contribution in [0.15, 0.2) is 80.7 Å². The summed E-state index contributed by atoms with van der Waals surface area (Å²) in [6.07, 6.45) is 0. The van der Waals surface area contributed by atoms with E-state index in [-0.39, 0.29) is 16.5 Å². The van der Waals surface area contributed by atoms with Crippen molar-refractivity contribution in [3.8, 4) is 5.75 Å². The number of nitrogens with two attached hydrogens (primary N) is 1. The Kier molecular flexibility index (Phi) is 5.29. The van der Waals surface area contributed by atoms with Crippen LogP contribution < -0.4 is 5.73 Å². The summed E-state index contributed by atoms with van der Waals surface area (Å²) in [5.41, 5.74) is 5.60. The molecule has 0 aliphatic carbocycles. The second-order valence-electron chi connectivity index (χ2n) is 6.87. The van der Waals surface area contributed by atoms with Crippen molar-refractivity contribution in [3.05, 3.63) is 60.7 Å². The van der Waals surface area contributed by atoms with Crippen molar-refractivity contribution in [1.29, 1.82) is 0 Å². The zero-order valence-corrected chi connectivity index (χ0v) is 17.7. The third kappa shape index (κ3) is 3.98. The predicted molar refractivity (Wildman–Crippen MR) is 122 cm³/mol. The summed E-state index contributed by atoms with van der Waals surface area (Å²) in [5.74, 6) is -0.658. The Morgan fingerprint density at radius 2 is 1.50 bits per heavy atom. The third-order valence-electron chi connectivity index (χ3n) is 4.77. The van der Waals surface area contributed by atoms with E-state index in [0.717, 1.165) is 29.0 Å². The summed E-state index contributed by atoms with van der Waals surface area (Å²) >= 11 is 0. The molecule has 0 aliphatic rings. The number of azo groups is 1. The highest BCUT2D eigenvalue weighted by Crippen LogP contribution is 2.55. The van der Waals surface area contributed by atoms with Crippen LogP contribution >= 0.6 is 10.9 Å². The summed E-state index contributed by atoms with van der Waals surface area (Å²) in [6.45, 7) is 0. The SMILES string of the molecule is Nc1cc(S(=O)(=O)O)cc2cc(S(O)(O)O)c(N=Nc3cccc4ccccc34)c(O)c12. The van der Waals surface area contributed by atoms with E-state index in [1.165, 1.54) is 0 Å². The number of aromatic hydroxyl groups is 1. The maximum atomic E-state index is 11.5. The van der Waals surface area contributed by atoms with E-state index in [0.29, 0.717) is 5.69 Å². The van der Waals surface area contributed by atoms with Crippen LogP contribution in [0.5, 0.6) is 5.75 Å². The third-order valence-corrected chi connectivity index (χ3v) is 6.50. The molecule has 0 aromatic heterocycles. The summed E-state index contributed by atoms with van der Waals surface area (Å²) in [4.78, 5) is -1.18. The topological polar surface area (TPSA) is 186 Å². The molecule has 4 aromatic rings. The predicted octanol–water partition coefficient (Wildman–Crippen LogP) is 5.53. The van der Waals surface area contributed by atoms with Crippen molar-refractivity contribution in [2.45, 2.75) is 9.79 Å². The minimum Gasteiger partial charge on any atom is -0.505 e. The Hall–Kier alpha value is -3.26. The number of hydrogen-bond donors (Lipinski definition) is 6. The zero-order chi connectivity index (χ0) is 23.3. The largest absolute Gasteiger partial charge is 0.505 e. The molecule has 0 atom stereocenters. The molecule has 0 unspecified atom stereocenters. The van der Waals surface area contributed by atoms with Crippen LogP contribution in [0.2, 0.25) is 0 Å². The molecule has 4 rings (SSSR count). The van der Waals surface area contributed by atoms with Crippen LogP contribution in [0.4, 0.5) is 17.1 Å². The number of nitrogen functional groups attached to an aromatic ring is 1. The molecule has 166 valence electrons. The second-order valence-corrected chi connectivity index (χ2v) is 9.77. The molecule has 7 N–H and O–H groups in total. The zero-order valence-electron chi connectivity index (χ0n) is 16.1. The number of rotatable bonds is 4. The highest BCUT2D eigenvalue weighted by molar-refractivity contribution is 8.19. The number of phenolic OH excluding ortho intramolecular Hbond substituents is 1. The summed E-state index contributed by atoms with van der Waals surface area (Å²) < 4.78 is 62.0. The number of fused-ring (bicyclic) bond motifs is 2. The molecule has 12 heteroatoms. The Morgan fingerprint density at radius 1 is 0.812 bits per heavy atom. The summed E-state index contributed by atoms with van der Waals surface area (Å²) in [6, 6.07) is 15.5. The van der Waals surface area contributed by atoms with Gasteiger partial charge in [-0.1, -0.05) is 36.4 Å². The highest BCUT2D eigenvalue weighted by atomic mass is 32.3. The van der Waals surface area contributed by atoms with E-state index in [9.17, 15) is 31.7 Å². The van der Waals surface area contributed by atoms with Crippen LogP contribution in [0.1, 0.15) is 0 Å². The molecule has 0 radical (unpaired) electrons. The van der Waals surface area contributed by atoms with Gasteiger partial charge in [0.1, 0.15) is 16.6 Å². The van der Waals surface area contributed by atoms with E-state index in [1.807, 2.05) is 18.2 Å². The molecule has 0 saturated heterocycles. The monoisotopic (exact) mass is 475 g/mol. The first-order chi connectivity index (χ1) is 15.0. The van der Waals surface area contributed by atoms with Crippen molar-refractivity contribution >= 4 is 59.6 Å². The van der Waals surface area contributed by atoms with Crippen molar-refractivity contribution in [1.82, 2.24) is 0 Å². The van der Waals surface area contributed by atoms with Crippen LogP contribution in [0.3, 0.4) is 0 Å². The summed E-state index contributed by atoms with van der Waals surface area (Å²) in [5, 5.41) is 20.3. The molecule has 0 aliphatic heterocycles. The number of anilines is 1. The standard InChI is InChI=1S/C20H17N3O7S2/c21-15-10-13(31(25,26)27)8-12-9-17(32(28,29)30)19(20(24)18(12)15)23-22-16-7-3-5-11-4-1-2-6-14(11)16/h1-10,24,28-30H,21H2,(H,25,26,27). The van der Waals surface area contributed by atoms with Gasteiger partial charge >= 0.3 is 0 Å². The molecular formula is C20H17N3O7S2. The maximum Gasteiger partial charge on any atom is 0.294 e. The number of benzene rings is 4. The van der Waals surface area contributed by atoms with Crippen LogP contribution in [-0.4, -0.2) is 31.7 Å². The second kappa shape index (κ2) is 7.70. The van der Waals surface area contributed by atoms with Gasteiger partial charge in [-0.2, -0.15) is 8.42 Å². The van der Waals surface area contributed by atoms with E-state index in [4.69, 9.17) is 5.73 Å². The van der Waals surface area contributed by atoms with Gasteiger partial charge in [-0.25, -0.2) is 0 Å². The Balaban J connectivity index is 1.98. The van der Waals surface area contributed by atoms with Gasteiger partial charge in [-0.3, -0.25) is 4.55 Å². The first-order valence-electron chi connectivity index (χ1n) is 8.93. The minimum atomic E-state index is -4.64. The van der Waals surface area contributed by atoms with Crippen LogP contribution in [0, 0.1) is 0 Å². The number of phenols is 1. The first-order valence-corrected chi connectivity index (χ1v) is 11.9. The lowest BCUT2D eigenvalue weighted by molar-refractivity contribution is 0.375. The average molecular weight is 476 g/mol. The Labute approximate surface area is 183 Å². The molecule has 0 fully saturated rings. The first kappa shape index (κ1) is 22.0. The highest BCUT2D eigenvalue weighted by Gasteiger charge is 2.27. The quantitative estimate of drug-likeness (QED) is 0.126. The van der Waals surface area contributed by atoms with Gasteiger partial charge < -0.3 is 24.5 Å². The molecule has 0 spiro atoms. The lowest BCUT2D eigenvalue weighted by Gasteiger charge is -2.22. The van der Waals surface area contributed by atoms with Gasteiger partial charge in [-0.15, -0.1) is 10.2 Å². The van der Waals surface area contributed by atoms with E-state index in [1.54, 1.807) is 24.3 Å². The van der Waals surface area contributed by atoms with Crippen molar-refractivity contribution in [2.24, 2.45) is 10.2 Å². The van der Waals surface area contributed by atoms with Crippen LogP contribution in [-0.2, 0) is 10.1 Å². The Morgan fingerprint density at radius 3 is 2.19 bits per heavy atom. The fraction of sp³-hybridized carbons (Fsp3) is 0. The minimum absolute atomic E-state index is 0.0725. The fourth-order valence-corrected chi connectivity index (χ4v) is 4.58. The molecule has 0 saturated carbocycles. The van der Waals surface area contributed by atoms with E-state index in [2.05, 4.69) is 10.2 Å². The maximum absolute atomic E-state index is 11.5. The lowest BCUT2D eigenvalue weighted by Crippen LogP contribution is -2.02. The van der Waals surface area contributed by atoms with Gasteiger partial charge in [0.25, 0.3) is 10.1 Å². The molecular weight excluding hydrogens is 458 g/mol. The van der Waals surface area contributed by atoms with E-state index < -0.39 is 42.2 Å². The van der Waals surface area contributed by atoms with Gasteiger partial charge in [0.15, 0.2) is 5.75 Å². The van der Waals surface area contributed by atoms with Crippen molar-refractivity contribution in [3.63, 3.8) is 0 Å². The van der Waals surface area contributed by atoms with E-state index >= 15 is 0 Å². The molecule has 0 amide bonds. The normalized spacial score (nSPS) is 13.2. The van der Waals surface area contributed by atoms with Gasteiger partial charge in [0.2, 0.25) is 0 Å². The molecule has 0 heterocycles. The van der Waals surface area contributed by atoms with Gasteiger partial charge in [0.05, 0.1) is 15.5 Å². The van der Waals surface area contributed by atoms with Crippen molar-refractivity contribution in [2.75, 3.05) is 5.73 Å². The molecule has 10 nitrogen and oxygen atoms in total. The molecule has 0 bridgehead atoms. The fourth-order valence-electron chi connectivity index (χ4n) is 3.34. The number of hydrogen-bond acceptors (Lipinski definition) is 9. The van der Waals surface area contributed by atoms with Crippen molar-refractivity contribution < 1.29 is 31.7 Å². The van der Waals surface area contributed by atoms with Gasteiger partial charge in [-0.05, 0) is 35.0 Å². The lowest BCUT2D eigenvalue weighted by atomic mass is 10.1. The van der Waals surface area contributed by atoms with Gasteiger partial charge in [0, 0.05) is 16.5 Å². The molecule has 32 heavy (non-hydrogen) atoms. The van der Waals surface area contributed by atoms with Crippen LogP contribution in [0.25, 0.3) is 21.5 Å². The molecule has 4 aromatic carbocycles. The summed E-state index contributed by atoms with van der Waals surface area (Å²) in [7, 11) is -9.06. The smallest absolute Gasteiger partial charge is 0.294 e. The Bertz CT molecular complexity index is 1510.